The van der Waals surface area contributed by atoms with E-state index < -0.39 is 6.17 Å². The second-order valence-corrected chi connectivity index (χ2v) is 10.0. The normalized spacial score (nSPS) is 21.4. The molecule has 0 saturated carbocycles. The first-order chi connectivity index (χ1) is 15.8. The lowest BCUT2D eigenvalue weighted by atomic mass is 9.96. The lowest BCUT2D eigenvalue weighted by Gasteiger charge is -2.38. The number of rotatable bonds is 6. The summed E-state index contributed by atoms with van der Waals surface area (Å²) in [6.07, 6.45) is 0.877. The summed E-state index contributed by atoms with van der Waals surface area (Å²) >= 11 is 12.3. The van der Waals surface area contributed by atoms with E-state index in [0.29, 0.717) is 54.9 Å². The first-order valence-electron chi connectivity index (χ1n) is 11.5. The Morgan fingerprint density at radius 1 is 1.18 bits per heavy atom. The van der Waals surface area contributed by atoms with E-state index in [1.807, 2.05) is 17.9 Å². The number of aromatic nitrogens is 2. The highest BCUT2D eigenvalue weighted by Crippen LogP contribution is 2.44. The largest absolute Gasteiger partial charge is 0.353 e. The molecule has 33 heavy (non-hydrogen) atoms. The van der Waals surface area contributed by atoms with Gasteiger partial charge >= 0.3 is 0 Å². The monoisotopic (exact) mass is 493 g/mol. The molecule has 1 aromatic carbocycles. The average Bonchev–Trinajstić information content (AvgIpc) is 3.09. The minimum Gasteiger partial charge on any atom is -0.353 e. The van der Waals surface area contributed by atoms with Gasteiger partial charge < -0.3 is 15.1 Å². The van der Waals surface area contributed by atoms with Gasteiger partial charge in [-0.15, -0.1) is 0 Å². The molecule has 1 aromatic heterocycles. The Morgan fingerprint density at radius 2 is 1.91 bits per heavy atom. The molecule has 0 radical (unpaired) electrons. The zero-order valence-electron chi connectivity index (χ0n) is 19.2. The van der Waals surface area contributed by atoms with E-state index in [0.717, 1.165) is 16.9 Å². The fraction of sp³-hybridized carbons (Fsp3) is 0.542. The van der Waals surface area contributed by atoms with Gasteiger partial charge in [-0.25, -0.2) is 14.4 Å². The summed E-state index contributed by atoms with van der Waals surface area (Å²) in [6.45, 7) is 9.08. The molecular weight excluding hydrogens is 464 g/mol. The van der Waals surface area contributed by atoms with E-state index in [-0.39, 0.29) is 23.8 Å². The van der Waals surface area contributed by atoms with Crippen molar-refractivity contribution in [1.82, 2.24) is 20.2 Å². The lowest BCUT2D eigenvalue weighted by Crippen LogP contribution is -2.51. The molecule has 9 heteroatoms. The van der Waals surface area contributed by atoms with Gasteiger partial charge in [0.15, 0.2) is 0 Å². The van der Waals surface area contributed by atoms with Crippen molar-refractivity contribution in [3.05, 3.63) is 51.4 Å². The molecule has 2 aliphatic rings. The second-order valence-electron chi connectivity index (χ2n) is 9.20. The maximum atomic E-state index is 14.3. The molecule has 2 heterocycles. The van der Waals surface area contributed by atoms with Crippen LogP contribution in [0.4, 0.5) is 10.2 Å². The van der Waals surface area contributed by atoms with Gasteiger partial charge in [-0.1, -0.05) is 50.0 Å². The van der Waals surface area contributed by atoms with Crippen LogP contribution in [-0.2, 0) is 4.79 Å². The number of hydrogen-bond acceptors (Lipinski definition) is 5. The van der Waals surface area contributed by atoms with Crippen molar-refractivity contribution in [2.75, 3.05) is 37.6 Å². The molecule has 1 amide bonds. The van der Waals surface area contributed by atoms with Crippen molar-refractivity contribution in [2.45, 2.75) is 51.2 Å². The fourth-order valence-electron chi connectivity index (χ4n) is 4.70. The van der Waals surface area contributed by atoms with Crippen LogP contribution in [0.2, 0.25) is 10.0 Å². The predicted octanol–water partition coefficient (Wildman–Crippen LogP) is 4.73. The Kier molecular flexibility index (Phi) is 7.41. The molecular formula is C24H30Cl2FN5O. The van der Waals surface area contributed by atoms with E-state index in [4.69, 9.17) is 23.2 Å². The maximum absolute atomic E-state index is 14.3. The standard InChI is InChI=1S/C24H30Cl2FN5O/c1-14(2)28-12-17(16-4-5-18(25)19(26)11-16)24(33)32-8-6-31(7-9-32)23-21-15(3)10-20(27)22(21)29-13-30-23/h4-5,11,13-15,17,20,28H,6-10,12H2,1-3H3/t15-,17-,20+/m1/s1. The molecule has 2 aromatic rings. The molecule has 6 nitrogen and oxygen atoms in total. The van der Waals surface area contributed by atoms with Crippen LogP contribution in [0, 0.1) is 0 Å². The summed E-state index contributed by atoms with van der Waals surface area (Å²) < 4.78 is 14.3. The third-order valence-electron chi connectivity index (χ3n) is 6.51. The van der Waals surface area contributed by atoms with Crippen LogP contribution in [0.25, 0.3) is 0 Å². The van der Waals surface area contributed by atoms with Crippen molar-refractivity contribution in [3.63, 3.8) is 0 Å². The summed E-state index contributed by atoms with van der Waals surface area (Å²) in [4.78, 5) is 26.3. The molecule has 0 spiro atoms. The van der Waals surface area contributed by atoms with Gasteiger partial charge in [0.25, 0.3) is 0 Å². The highest BCUT2D eigenvalue weighted by molar-refractivity contribution is 6.42. The van der Waals surface area contributed by atoms with Gasteiger partial charge in [0, 0.05) is 44.3 Å². The van der Waals surface area contributed by atoms with Crippen molar-refractivity contribution in [1.29, 1.82) is 0 Å². The van der Waals surface area contributed by atoms with Crippen molar-refractivity contribution in [2.24, 2.45) is 0 Å². The van der Waals surface area contributed by atoms with Gasteiger partial charge in [0.2, 0.25) is 5.91 Å². The molecule has 1 saturated heterocycles. The number of halogens is 3. The van der Waals surface area contributed by atoms with Crippen LogP contribution < -0.4 is 10.2 Å². The SMILES string of the molecule is CC(C)NC[C@@H](C(=O)N1CCN(c2ncnc3c2[C@H](C)C[C@@H]3F)CC1)c1ccc(Cl)c(Cl)c1. The van der Waals surface area contributed by atoms with Gasteiger partial charge in [-0.3, -0.25) is 4.79 Å². The molecule has 4 rings (SSSR count). The fourth-order valence-corrected chi connectivity index (χ4v) is 5.01. The number of amides is 1. The Bertz CT molecular complexity index is 1010. The third-order valence-corrected chi connectivity index (χ3v) is 7.25. The smallest absolute Gasteiger partial charge is 0.231 e. The molecule has 1 fully saturated rings. The quantitative estimate of drug-likeness (QED) is 0.629. The van der Waals surface area contributed by atoms with Crippen LogP contribution in [0.1, 0.15) is 62.0 Å². The molecule has 0 bridgehead atoms. The van der Waals surface area contributed by atoms with Crippen LogP contribution >= 0.6 is 23.2 Å². The second kappa shape index (κ2) is 10.1. The van der Waals surface area contributed by atoms with Gasteiger partial charge in [-0.05, 0) is 30.0 Å². The molecule has 0 unspecified atom stereocenters. The number of nitrogens with zero attached hydrogens (tertiary/aromatic N) is 4. The number of carbonyl (C=O) groups excluding carboxylic acids is 1. The van der Waals surface area contributed by atoms with E-state index in [1.165, 1.54) is 6.33 Å². The van der Waals surface area contributed by atoms with Gasteiger partial charge in [-0.2, -0.15) is 0 Å². The summed E-state index contributed by atoms with van der Waals surface area (Å²) in [5, 5.41) is 4.30. The van der Waals surface area contributed by atoms with Crippen LogP contribution in [-0.4, -0.2) is 59.5 Å². The highest BCUT2D eigenvalue weighted by atomic mass is 35.5. The summed E-state index contributed by atoms with van der Waals surface area (Å²) in [6, 6.07) is 5.64. The number of piperazine rings is 1. The Labute approximate surface area is 204 Å². The predicted molar refractivity (Wildman–Crippen MR) is 130 cm³/mol. The van der Waals surface area contributed by atoms with E-state index in [9.17, 15) is 9.18 Å². The Balaban J connectivity index is 1.49. The molecule has 3 atom stereocenters. The number of fused-ring (bicyclic) bond motifs is 1. The number of nitrogens with one attached hydrogen (secondary N) is 1. The maximum Gasteiger partial charge on any atom is 0.231 e. The van der Waals surface area contributed by atoms with Crippen molar-refractivity contribution < 1.29 is 9.18 Å². The van der Waals surface area contributed by atoms with Gasteiger partial charge in [0.1, 0.15) is 18.3 Å². The summed E-state index contributed by atoms with van der Waals surface area (Å²) in [7, 11) is 0. The molecule has 178 valence electrons. The van der Waals surface area contributed by atoms with Gasteiger partial charge in [0.05, 0.1) is 21.7 Å². The minimum atomic E-state index is -1.03. The molecule has 1 N–H and O–H groups in total. The highest BCUT2D eigenvalue weighted by Gasteiger charge is 2.35. The number of benzene rings is 1. The zero-order chi connectivity index (χ0) is 23.7. The number of hydrogen-bond donors (Lipinski definition) is 1. The summed E-state index contributed by atoms with van der Waals surface area (Å²) in [5.74, 6) is 0.602. The van der Waals surface area contributed by atoms with E-state index >= 15 is 0 Å². The first-order valence-corrected chi connectivity index (χ1v) is 12.2. The zero-order valence-corrected chi connectivity index (χ0v) is 20.7. The lowest BCUT2D eigenvalue weighted by molar-refractivity contribution is -0.133. The van der Waals surface area contributed by atoms with Crippen molar-refractivity contribution >= 4 is 34.9 Å². The average molecular weight is 494 g/mol. The van der Waals surface area contributed by atoms with Crippen LogP contribution in [0.15, 0.2) is 24.5 Å². The van der Waals surface area contributed by atoms with E-state index in [2.05, 4.69) is 34.0 Å². The number of anilines is 1. The van der Waals surface area contributed by atoms with Crippen LogP contribution in [0.5, 0.6) is 0 Å². The molecule has 1 aliphatic carbocycles. The number of carbonyl (C=O) groups is 1. The van der Waals surface area contributed by atoms with Crippen LogP contribution in [0.3, 0.4) is 0 Å². The number of alkyl halides is 1. The van der Waals surface area contributed by atoms with Crippen molar-refractivity contribution in [3.8, 4) is 0 Å². The topological polar surface area (TPSA) is 61.4 Å². The molecule has 1 aliphatic heterocycles. The summed E-state index contributed by atoms with van der Waals surface area (Å²) in [5.41, 5.74) is 2.28. The third kappa shape index (κ3) is 5.10. The first kappa shape index (κ1) is 24.2. The Morgan fingerprint density at radius 3 is 2.58 bits per heavy atom. The Hall–Kier alpha value is -1.96. The van der Waals surface area contributed by atoms with E-state index in [1.54, 1.807) is 12.1 Å². The minimum absolute atomic E-state index is 0.0614.